The number of unbranched alkanes of at least 4 members (excludes halogenated alkanes) is 1. The van der Waals surface area contributed by atoms with E-state index in [-0.39, 0.29) is 24.2 Å². The Morgan fingerprint density at radius 2 is 1.87 bits per heavy atom. The van der Waals surface area contributed by atoms with Crippen molar-refractivity contribution >= 4 is 11.8 Å². The first-order chi connectivity index (χ1) is 14.8. The van der Waals surface area contributed by atoms with Crippen molar-refractivity contribution in [3.05, 3.63) is 34.4 Å². The van der Waals surface area contributed by atoms with Crippen molar-refractivity contribution in [1.29, 1.82) is 0 Å². The SMILES string of the molecule is CCCCNC(=O)C1CCCN(C(=O)Cc2c(C)nn(-c3nc(C)cc(C)n3)c2C)C1. The number of nitrogens with one attached hydrogen (secondary N) is 1. The van der Waals surface area contributed by atoms with Crippen LogP contribution in [0.5, 0.6) is 0 Å². The summed E-state index contributed by atoms with van der Waals surface area (Å²) in [6, 6.07) is 1.92. The predicted octanol–water partition coefficient (Wildman–Crippen LogP) is 2.59. The molecule has 0 aromatic carbocycles. The Morgan fingerprint density at radius 1 is 1.16 bits per heavy atom. The Balaban J connectivity index is 1.70. The van der Waals surface area contributed by atoms with Gasteiger partial charge in [0.15, 0.2) is 0 Å². The number of rotatable bonds is 7. The van der Waals surface area contributed by atoms with Gasteiger partial charge in [0.25, 0.3) is 5.95 Å². The quantitative estimate of drug-likeness (QED) is 0.687. The standard InChI is InChI=1S/C23H34N6O2/c1-6-7-10-24-22(31)19-9-8-11-28(14-19)21(30)13-20-17(4)27-29(18(20)5)23-25-15(2)12-16(3)26-23/h12,19H,6-11,13-14H2,1-5H3,(H,24,31). The molecule has 0 radical (unpaired) electrons. The van der Waals surface area contributed by atoms with Crippen LogP contribution in [0.15, 0.2) is 6.07 Å². The molecule has 8 heteroatoms. The second-order valence-corrected chi connectivity index (χ2v) is 8.51. The van der Waals surface area contributed by atoms with E-state index in [9.17, 15) is 9.59 Å². The zero-order chi connectivity index (χ0) is 22.5. The highest BCUT2D eigenvalue weighted by molar-refractivity contribution is 5.82. The average Bonchev–Trinajstić information content (AvgIpc) is 3.01. The third-order valence-corrected chi connectivity index (χ3v) is 5.90. The highest BCUT2D eigenvalue weighted by Gasteiger charge is 2.29. The van der Waals surface area contributed by atoms with Crippen LogP contribution in [0.4, 0.5) is 0 Å². The summed E-state index contributed by atoms with van der Waals surface area (Å²) >= 11 is 0. The summed E-state index contributed by atoms with van der Waals surface area (Å²) in [5.74, 6) is 0.512. The van der Waals surface area contributed by atoms with Gasteiger partial charge in [-0.05, 0) is 53.0 Å². The van der Waals surface area contributed by atoms with E-state index < -0.39 is 0 Å². The van der Waals surface area contributed by atoms with E-state index in [1.54, 1.807) is 4.68 Å². The monoisotopic (exact) mass is 426 g/mol. The van der Waals surface area contributed by atoms with E-state index in [1.807, 2.05) is 38.7 Å². The average molecular weight is 427 g/mol. The van der Waals surface area contributed by atoms with Crippen LogP contribution in [-0.2, 0) is 16.0 Å². The van der Waals surface area contributed by atoms with E-state index in [2.05, 4.69) is 27.3 Å². The fraction of sp³-hybridized carbons (Fsp3) is 0.609. The van der Waals surface area contributed by atoms with Gasteiger partial charge < -0.3 is 10.2 Å². The van der Waals surface area contributed by atoms with Crippen LogP contribution in [0.1, 0.15) is 60.9 Å². The molecule has 2 amide bonds. The van der Waals surface area contributed by atoms with Gasteiger partial charge in [-0.3, -0.25) is 9.59 Å². The van der Waals surface area contributed by atoms with E-state index >= 15 is 0 Å². The molecule has 0 aliphatic carbocycles. The molecule has 31 heavy (non-hydrogen) atoms. The molecule has 3 heterocycles. The molecule has 1 saturated heterocycles. The molecular weight excluding hydrogens is 392 g/mol. The second-order valence-electron chi connectivity index (χ2n) is 8.51. The normalized spacial score (nSPS) is 16.4. The minimum Gasteiger partial charge on any atom is -0.356 e. The van der Waals surface area contributed by atoms with Crippen molar-refractivity contribution < 1.29 is 9.59 Å². The van der Waals surface area contributed by atoms with Crippen molar-refractivity contribution in [2.45, 2.75) is 66.7 Å². The Morgan fingerprint density at radius 3 is 2.55 bits per heavy atom. The lowest BCUT2D eigenvalue weighted by atomic mass is 9.96. The lowest BCUT2D eigenvalue weighted by molar-refractivity contribution is -0.135. The highest BCUT2D eigenvalue weighted by atomic mass is 16.2. The summed E-state index contributed by atoms with van der Waals surface area (Å²) in [6.07, 6.45) is 3.99. The van der Waals surface area contributed by atoms with Gasteiger partial charge in [0.2, 0.25) is 11.8 Å². The summed E-state index contributed by atoms with van der Waals surface area (Å²) in [7, 11) is 0. The van der Waals surface area contributed by atoms with Crippen molar-refractivity contribution in [3.63, 3.8) is 0 Å². The molecule has 0 spiro atoms. The summed E-state index contributed by atoms with van der Waals surface area (Å²) in [4.78, 5) is 36.4. The van der Waals surface area contributed by atoms with Crippen molar-refractivity contribution in [3.8, 4) is 5.95 Å². The number of carbonyl (C=O) groups excluding carboxylic acids is 2. The molecule has 1 N–H and O–H groups in total. The molecule has 2 aromatic rings. The molecule has 1 atom stereocenters. The number of hydrogen-bond donors (Lipinski definition) is 1. The first kappa shape index (κ1) is 22.9. The van der Waals surface area contributed by atoms with Crippen molar-refractivity contribution in [2.75, 3.05) is 19.6 Å². The predicted molar refractivity (Wildman–Crippen MR) is 119 cm³/mol. The van der Waals surface area contributed by atoms with E-state index in [0.29, 0.717) is 25.6 Å². The van der Waals surface area contributed by atoms with Gasteiger partial charge in [-0.15, -0.1) is 0 Å². The first-order valence-corrected chi connectivity index (χ1v) is 11.2. The molecule has 1 aliphatic heterocycles. The van der Waals surface area contributed by atoms with Crippen LogP contribution in [0.25, 0.3) is 5.95 Å². The molecule has 3 rings (SSSR count). The fourth-order valence-electron chi connectivity index (χ4n) is 4.14. The highest BCUT2D eigenvalue weighted by Crippen LogP contribution is 2.21. The number of amides is 2. The largest absolute Gasteiger partial charge is 0.356 e. The number of aromatic nitrogens is 4. The van der Waals surface area contributed by atoms with Gasteiger partial charge in [-0.25, -0.2) is 14.6 Å². The Hall–Kier alpha value is -2.77. The summed E-state index contributed by atoms with van der Waals surface area (Å²) < 4.78 is 1.72. The van der Waals surface area contributed by atoms with Crippen LogP contribution < -0.4 is 5.32 Å². The van der Waals surface area contributed by atoms with E-state index in [1.165, 1.54) is 0 Å². The molecule has 0 bridgehead atoms. The first-order valence-electron chi connectivity index (χ1n) is 11.2. The number of likely N-dealkylation sites (tertiary alicyclic amines) is 1. The molecule has 1 unspecified atom stereocenters. The minimum absolute atomic E-state index is 0.0400. The zero-order valence-electron chi connectivity index (χ0n) is 19.4. The third kappa shape index (κ3) is 5.48. The second kappa shape index (κ2) is 10.0. The smallest absolute Gasteiger partial charge is 0.251 e. The number of hydrogen-bond acceptors (Lipinski definition) is 5. The van der Waals surface area contributed by atoms with Gasteiger partial charge in [0, 0.05) is 42.3 Å². The molecule has 168 valence electrons. The van der Waals surface area contributed by atoms with Gasteiger partial charge in [0.05, 0.1) is 18.0 Å². The molecular formula is C23H34N6O2. The minimum atomic E-state index is -0.122. The maximum Gasteiger partial charge on any atom is 0.251 e. The molecule has 1 fully saturated rings. The van der Waals surface area contributed by atoms with Crippen LogP contribution in [-0.4, -0.2) is 56.1 Å². The fourth-order valence-corrected chi connectivity index (χ4v) is 4.14. The van der Waals surface area contributed by atoms with Gasteiger partial charge in [-0.2, -0.15) is 5.10 Å². The lowest BCUT2D eigenvalue weighted by Crippen LogP contribution is -2.46. The van der Waals surface area contributed by atoms with Crippen LogP contribution in [0.2, 0.25) is 0 Å². The molecule has 1 aliphatic rings. The molecule has 8 nitrogen and oxygen atoms in total. The van der Waals surface area contributed by atoms with Crippen molar-refractivity contribution in [1.82, 2.24) is 30.0 Å². The maximum atomic E-state index is 13.1. The Kier molecular flexibility index (Phi) is 7.41. The summed E-state index contributed by atoms with van der Waals surface area (Å²) in [5.41, 5.74) is 4.34. The van der Waals surface area contributed by atoms with Gasteiger partial charge in [0.1, 0.15) is 0 Å². The van der Waals surface area contributed by atoms with Gasteiger partial charge in [-0.1, -0.05) is 13.3 Å². The Bertz CT molecular complexity index is 932. The zero-order valence-corrected chi connectivity index (χ0v) is 19.4. The van der Waals surface area contributed by atoms with E-state index in [4.69, 9.17) is 0 Å². The number of aryl methyl sites for hydroxylation is 3. The molecule has 2 aromatic heterocycles. The number of nitrogens with zero attached hydrogens (tertiary/aromatic N) is 5. The summed E-state index contributed by atoms with van der Waals surface area (Å²) in [6.45, 7) is 11.7. The number of piperidine rings is 1. The van der Waals surface area contributed by atoms with Gasteiger partial charge >= 0.3 is 0 Å². The van der Waals surface area contributed by atoms with Crippen LogP contribution in [0, 0.1) is 33.6 Å². The number of carbonyl (C=O) groups is 2. The lowest BCUT2D eigenvalue weighted by Gasteiger charge is -2.32. The molecule has 0 saturated carbocycles. The summed E-state index contributed by atoms with van der Waals surface area (Å²) in [5, 5.41) is 7.61. The van der Waals surface area contributed by atoms with E-state index in [0.717, 1.165) is 54.0 Å². The topological polar surface area (TPSA) is 93.0 Å². The van der Waals surface area contributed by atoms with Crippen LogP contribution in [0.3, 0.4) is 0 Å². The Labute approximate surface area is 184 Å². The van der Waals surface area contributed by atoms with Crippen molar-refractivity contribution in [2.24, 2.45) is 5.92 Å². The third-order valence-electron chi connectivity index (χ3n) is 5.90. The van der Waals surface area contributed by atoms with Crippen LogP contribution >= 0.6 is 0 Å². The maximum absolute atomic E-state index is 13.1.